The Morgan fingerprint density at radius 1 is 1.06 bits per heavy atom. The molecule has 0 spiro atoms. The molecule has 0 aromatic rings. The summed E-state index contributed by atoms with van der Waals surface area (Å²) >= 11 is 0. The molecule has 16 heavy (non-hydrogen) atoms. The lowest BCUT2D eigenvalue weighted by Gasteiger charge is -2.07. The molecule has 96 valence electrons. The third-order valence-electron chi connectivity index (χ3n) is 2.80. The van der Waals surface area contributed by atoms with Crippen LogP contribution in [0.3, 0.4) is 0 Å². The van der Waals surface area contributed by atoms with E-state index in [9.17, 15) is 9.50 Å². The van der Waals surface area contributed by atoms with Crippen molar-refractivity contribution in [3.63, 3.8) is 0 Å². The summed E-state index contributed by atoms with van der Waals surface area (Å²) in [6, 6.07) is 0. The Labute approximate surface area is 99.8 Å². The number of aliphatic hydroxyl groups excluding tert-OH is 1. The summed E-state index contributed by atoms with van der Waals surface area (Å²) in [5.74, 6) is -0.326. The normalized spacial score (nSPS) is 14.1. The molecule has 0 aliphatic heterocycles. The highest BCUT2D eigenvalue weighted by Crippen LogP contribution is 2.14. The minimum atomic E-state index is -0.863. The van der Waals surface area contributed by atoms with Gasteiger partial charge in [-0.2, -0.15) is 0 Å². The van der Waals surface area contributed by atoms with Gasteiger partial charge in [-0.15, -0.1) is 0 Å². The van der Waals surface area contributed by atoms with Crippen molar-refractivity contribution in [2.45, 2.75) is 77.7 Å². The first-order valence-electron chi connectivity index (χ1n) is 6.76. The molecule has 0 saturated carbocycles. The van der Waals surface area contributed by atoms with Crippen molar-refractivity contribution in [2.24, 2.45) is 0 Å². The second-order valence-electron chi connectivity index (χ2n) is 4.45. The van der Waals surface area contributed by atoms with Crippen molar-refractivity contribution in [1.29, 1.82) is 0 Å². The monoisotopic (exact) mass is 230 g/mol. The Hall–Kier alpha value is -0.370. The van der Waals surface area contributed by atoms with Gasteiger partial charge in [-0.3, -0.25) is 0 Å². The van der Waals surface area contributed by atoms with Crippen LogP contribution in [-0.2, 0) is 0 Å². The molecule has 1 unspecified atom stereocenters. The molecule has 1 N–H and O–H groups in total. The first-order valence-corrected chi connectivity index (χ1v) is 6.76. The molecule has 0 aromatic carbocycles. The molecule has 0 amide bonds. The van der Waals surface area contributed by atoms with Crippen LogP contribution >= 0.6 is 0 Å². The smallest absolute Gasteiger partial charge is 0.124 e. The number of hydrogen-bond donors (Lipinski definition) is 1. The maximum Gasteiger partial charge on any atom is 0.124 e. The van der Waals surface area contributed by atoms with Crippen molar-refractivity contribution in [2.75, 3.05) is 0 Å². The predicted octanol–water partition coefficient (Wildman–Crippen LogP) is 4.75. The number of hydrogen-bond acceptors (Lipinski definition) is 1. The van der Waals surface area contributed by atoms with Gasteiger partial charge in [-0.05, 0) is 19.3 Å². The van der Waals surface area contributed by atoms with Crippen LogP contribution in [-0.4, -0.2) is 11.2 Å². The molecule has 0 aliphatic carbocycles. The van der Waals surface area contributed by atoms with Crippen LogP contribution < -0.4 is 0 Å². The van der Waals surface area contributed by atoms with Gasteiger partial charge < -0.3 is 5.11 Å². The second-order valence-corrected chi connectivity index (χ2v) is 4.45. The van der Waals surface area contributed by atoms with Crippen LogP contribution in [0, 0.1) is 0 Å². The average molecular weight is 230 g/mol. The lowest BCUT2D eigenvalue weighted by atomic mass is 10.1. The van der Waals surface area contributed by atoms with Gasteiger partial charge in [0.2, 0.25) is 0 Å². The Balaban J connectivity index is 3.58. The van der Waals surface area contributed by atoms with Gasteiger partial charge in [-0.25, -0.2) is 4.39 Å². The van der Waals surface area contributed by atoms with E-state index in [4.69, 9.17) is 0 Å². The quantitative estimate of drug-likeness (QED) is 0.537. The van der Waals surface area contributed by atoms with E-state index in [-0.39, 0.29) is 5.83 Å². The van der Waals surface area contributed by atoms with E-state index in [0.29, 0.717) is 6.42 Å². The van der Waals surface area contributed by atoms with E-state index in [1.165, 1.54) is 12.8 Å². The zero-order valence-corrected chi connectivity index (χ0v) is 10.8. The zero-order chi connectivity index (χ0) is 12.2. The molecule has 1 atom stereocenters. The maximum absolute atomic E-state index is 13.3. The Morgan fingerprint density at radius 3 is 2.31 bits per heavy atom. The third kappa shape index (κ3) is 8.90. The lowest BCUT2D eigenvalue weighted by Crippen LogP contribution is -2.06. The fourth-order valence-corrected chi connectivity index (χ4v) is 1.67. The third-order valence-corrected chi connectivity index (χ3v) is 2.80. The first kappa shape index (κ1) is 15.6. The molecule has 0 radical (unpaired) electrons. The first-order chi connectivity index (χ1) is 7.72. The van der Waals surface area contributed by atoms with E-state index in [1.54, 1.807) is 6.08 Å². The van der Waals surface area contributed by atoms with E-state index >= 15 is 0 Å². The SMILES string of the molecule is CCCCC/C=C(\F)C(O)CCCCCC. The Kier molecular flexibility index (Phi) is 10.9. The molecule has 0 aliphatic rings. The molecular formula is C14H27FO. The van der Waals surface area contributed by atoms with E-state index < -0.39 is 6.10 Å². The fraction of sp³-hybridized carbons (Fsp3) is 0.857. The molecular weight excluding hydrogens is 203 g/mol. The average Bonchev–Trinajstić information content (AvgIpc) is 2.29. The topological polar surface area (TPSA) is 20.2 Å². The van der Waals surface area contributed by atoms with Crippen molar-refractivity contribution in [3.8, 4) is 0 Å². The van der Waals surface area contributed by atoms with Crippen molar-refractivity contribution >= 4 is 0 Å². The van der Waals surface area contributed by atoms with Gasteiger partial charge >= 0.3 is 0 Å². The molecule has 0 saturated heterocycles. The number of halogens is 1. The molecule has 0 fully saturated rings. The van der Waals surface area contributed by atoms with Crippen molar-refractivity contribution in [3.05, 3.63) is 11.9 Å². The van der Waals surface area contributed by atoms with Crippen molar-refractivity contribution < 1.29 is 9.50 Å². The summed E-state index contributed by atoms with van der Waals surface area (Å²) in [6.45, 7) is 4.27. The van der Waals surface area contributed by atoms with Crippen LogP contribution in [0.1, 0.15) is 71.6 Å². The highest BCUT2D eigenvalue weighted by molar-refractivity contribution is 4.98. The van der Waals surface area contributed by atoms with E-state index in [2.05, 4.69) is 13.8 Å². The summed E-state index contributed by atoms with van der Waals surface area (Å²) in [5, 5.41) is 9.53. The molecule has 1 nitrogen and oxygen atoms in total. The highest BCUT2D eigenvalue weighted by Gasteiger charge is 2.08. The van der Waals surface area contributed by atoms with Crippen LogP contribution in [0.15, 0.2) is 11.9 Å². The summed E-state index contributed by atoms with van der Waals surface area (Å²) in [5.41, 5.74) is 0. The fourth-order valence-electron chi connectivity index (χ4n) is 1.67. The number of unbranched alkanes of at least 4 members (excludes halogenated alkanes) is 6. The molecule has 2 heteroatoms. The Morgan fingerprint density at radius 2 is 1.69 bits per heavy atom. The molecule has 0 rings (SSSR count). The highest BCUT2D eigenvalue weighted by atomic mass is 19.1. The number of allylic oxidation sites excluding steroid dienone is 1. The van der Waals surface area contributed by atoms with Crippen LogP contribution in [0.4, 0.5) is 4.39 Å². The molecule has 0 heterocycles. The van der Waals surface area contributed by atoms with Crippen LogP contribution in [0.2, 0.25) is 0 Å². The van der Waals surface area contributed by atoms with Gasteiger partial charge in [0.05, 0.1) is 0 Å². The predicted molar refractivity (Wildman–Crippen MR) is 68.1 cm³/mol. The summed E-state index contributed by atoms with van der Waals surface area (Å²) in [7, 11) is 0. The van der Waals surface area contributed by atoms with Gasteiger partial charge in [0.15, 0.2) is 0 Å². The van der Waals surface area contributed by atoms with E-state index in [1.807, 2.05) is 0 Å². The maximum atomic E-state index is 13.3. The van der Waals surface area contributed by atoms with Crippen molar-refractivity contribution in [1.82, 2.24) is 0 Å². The van der Waals surface area contributed by atoms with Crippen LogP contribution in [0.5, 0.6) is 0 Å². The number of rotatable bonds is 10. The largest absolute Gasteiger partial charge is 0.386 e. The summed E-state index contributed by atoms with van der Waals surface area (Å²) < 4.78 is 13.3. The second kappa shape index (κ2) is 11.1. The summed E-state index contributed by atoms with van der Waals surface area (Å²) in [6.07, 6.45) is 9.68. The molecule has 0 aromatic heterocycles. The van der Waals surface area contributed by atoms with Gasteiger partial charge in [0.1, 0.15) is 11.9 Å². The number of aliphatic hydroxyl groups is 1. The van der Waals surface area contributed by atoms with Gasteiger partial charge in [-0.1, -0.05) is 58.4 Å². The van der Waals surface area contributed by atoms with Gasteiger partial charge in [0.25, 0.3) is 0 Å². The molecule has 0 bridgehead atoms. The zero-order valence-electron chi connectivity index (χ0n) is 10.8. The van der Waals surface area contributed by atoms with Crippen LogP contribution in [0.25, 0.3) is 0 Å². The standard InChI is InChI=1S/C14H27FO/c1-3-5-7-9-11-13(15)14(16)12-10-8-6-4-2/h11,14,16H,3-10,12H2,1-2H3/b13-11-. The minimum Gasteiger partial charge on any atom is -0.386 e. The summed E-state index contributed by atoms with van der Waals surface area (Å²) in [4.78, 5) is 0. The van der Waals surface area contributed by atoms with E-state index in [0.717, 1.165) is 38.5 Å². The minimum absolute atomic E-state index is 0.326. The van der Waals surface area contributed by atoms with Gasteiger partial charge in [0, 0.05) is 0 Å². The Bertz CT molecular complexity index is 178. The lowest BCUT2D eigenvalue weighted by molar-refractivity contribution is 0.168.